The molecule has 0 aliphatic carbocycles. The van der Waals surface area contributed by atoms with Crippen LogP contribution in [0.4, 0.5) is 8.78 Å². The molecule has 2 aromatic rings. The Morgan fingerprint density at radius 3 is 2.00 bits per heavy atom. The molecule has 1 aliphatic heterocycles. The Balaban J connectivity index is 1.58. The average Bonchev–Trinajstić information content (AvgIpc) is 2.63. The second-order valence-corrected chi connectivity index (χ2v) is 5.92. The second-order valence-electron chi connectivity index (χ2n) is 5.92. The minimum atomic E-state index is -0.550. The summed E-state index contributed by atoms with van der Waals surface area (Å²) in [6.45, 7) is 1.37. The third kappa shape index (κ3) is 3.84. The van der Waals surface area contributed by atoms with E-state index in [1.54, 1.807) is 29.2 Å². The molecule has 0 atom stereocenters. The predicted octanol–water partition coefficient (Wildman–Crippen LogP) is 2.49. The molecule has 0 spiro atoms. The second kappa shape index (κ2) is 7.42. The monoisotopic (exact) mass is 344 g/mol. The predicted molar refractivity (Wildman–Crippen MR) is 89.0 cm³/mol. The van der Waals surface area contributed by atoms with Gasteiger partial charge in [0.2, 0.25) is 5.91 Å². The number of halogens is 2. The Hall–Kier alpha value is -2.76. The normalized spacial score (nSPS) is 14.5. The molecule has 3 rings (SSSR count). The largest absolute Gasteiger partial charge is 0.339 e. The standard InChI is InChI=1S/C19H18F2N2O2/c20-16-7-3-1-5-14(16)13-18(24)22-9-11-23(12-10-22)19(25)15-6-2-4-8-17(15)21/h1-8H,9-13H2. The third-order valence-electron chi connectivity index (χ3n) is 4.32. The molecule has 1 saturated heterocycles. The van der Waals surface area contributed by atoms with Crippen LogP contribution >= 0.6 is 0 Å². The summed E-state index contributed by atoms with van der Waals surface area (Å²) < 4.78 is 27.4. The lowest BCUT2D eigenvalue weighted by Gasteiger charge is -2.35. The molecule has 25 heavy (non-hydrogen) atoms. The zero-order valence-corrected chi connectivity index (χ0v) is 13.6. The topological polar surface area (TPSA) is 40.6 Å². The molecule has 0 radical (unpaired) electrons. The van der Waals surface area contributed by atoms with Gasteiger partial charge in [0.25, 0.3) is 5.91 Å². The molecule has 130 valence electrons. The number of rotatable bonds is 3. The summed E-state index contributed by atoms with van der Waals surface area (Å²) in [5.74, 6) is -1.50. The van der Waals surface area contributed by atoms with Gasteiger partial charge in [0.15, 0.2) is 0 Å². The van der Waals surface area contributed by atoms with Crippen LogP contribution in [-0.2, 0) is 11.2 Å². The van der Waals surface area contributed by atoms with Crippen LogP contribution in [0.3, 0.4) is 0 Å². The maximum absolute atomic E-state index is 13.7. The molecule has 1 fully saturated rings. The van der Waals surface area contributed by atoms with Gasteiger partial charge in [-0.3, -0.25) is 9.59 Å². The molecule has 1 aliphatic rings. The molecule has 0 saturated carbocycles. The van der Waals surface area contributed by atoms with E-state index in [1.165, 1.54) is 29.2 Å². The fraction of sp³-hybridized carbons (Fsp3) is 0.263. The van der Waals surface area contributed by atoms with Crippen molar-refractivity contribution in [1.82, 2.24) is 9.80 Å². The highest BCUT2D eigenvalue weighted by atomic mass is 19.1. The minimum Gasteiger partial charge on any atom is -0.339 e. The first-order chi connectivity index (χ1) is 12.1. The number of hydrogen-bond acceptors (Lipinski definition) is 2. The Bertz CT molecular complexity index is 786. The summed E-state index contributed by atoms with van der Waals surface area (Å²) >= 11 is 0. The SMILES string of the molecule is O=C(Cc1ccccc1F)N1CCN(C(=O)c2ccccc2F)CC1. The first-order valence-corrected chi connectivity index (χ1v) is 8.11. The maximum atomic E-state index is 13.7. The smallest absolute Gasteiger partial charge is 0.256 e. The van der Waals surface area contributed by atoms with E-state index in [-0.39, 0.29) is 23.8 Å². The average molecular weight is 344 g/mol. The molecule has 0 N–H and O–H groups in total. The van der Waals surface area contributed by atoms with Gasteiger partial charge >= 0.3 is 0 Å². The van der Waals surface area contributed by atoms with E-state index in [2.05, 4.69) is 0 Å². The number of benzene rings is 2. The lowest BCUT2D eigenvalue weighted by molar-refractivity contribution is -0.132. The first kappa shape index (κ1) is 17.1. The molecule has 0 aromatic heterocycles. The highest BCUT2D eigenvalue weighted by Crippen LogP contribution is 2.14. The van der Waals surface area contributed by atoms with E-state index < -0.39 is 11.6 Å². The van der Waals surface area contributed by atoms with Gasteiger partial charge in [-0.25, -0.2) is 8.78 Å². The van der Waals surface area contributed by atoms with Crippen LogP contribution in [0.25, 0.3) is 0 Å². The Morgan fingerprint density at radius 2 is 1.36 bits per heavy atom. The number of carbonyl (C=O) groups excluding carboxylic acids is 2. The van der Waals surface area contributed by atoms with Gasteiger partial charge in [0.1, 0.15) is 11.6 Å². The van der Waals surface area contributed by atoms with Crippen molar-refractivity contribution in [2.75, 3.05) is 26.2 Å². The highest BCUT2D eigenvalue weighted by Gasteiger charge is 2.26. The summed E-state index contributed by atoms with van der Waals surface area (Å²) in [6, 6.07) is 12.0. The van der Waals surface area contributed by atoms with E-state index >= 15 is 0 Å². The van der Waals surface area contributed by atoms with Crippen LogP contribution in [0.5, 0.6) is 0 Å². The van der Waals surface area contributed by atoms with Crippen LogP contribution in [0.1, 0.15) is 15.9 Å². The summed E-state index contributed by atoms with van der Waals surface area (Å²) in [7, 11) is 0. The molecule has 0 bridgehead atoms. The Kier molecular flexibility index (Phi) is 5.07. The van der Waals surface area contributed by atoms with Crippen LogP contribution in [0.2, 0.25) is 0 Å². The van der Waals surface area contributed by atoms with E-state index in [0.29, 0.717) is 31.7 Å². The van der Waals surface area contributed by atoms with Crippen molar-refractivity contribution >= 4 is 11.8 Å². The van der Waals surface area contributed by atoms with Crippen LogP contribution in [0, 0.1) is 11.6 Å². The molecular formula is C19H18F2N2O2. The Morgan fingerprint density at radius 1 is 0.800 bits per heavy atom. The van der Waals surface area contributed by atoms with Gasteiger partial charge < -0.3 is 9.80 Å². The van der Waals surface area contributed by atoms with Crippen molar-refractivity contribution in [3.8, 4) is 0 Å². The quantitative estimate of drug-likeness (QED) is 0.858. The van der Waals surface area contributed by atoms with Crippen molar-refractivity contribution in [2.45, 2.75) is 6.42 Å². The van der Waals surface area contributed by atoms with Crippen molar-refractivity contribution in [3.05, 3.63) is 71.3 Å². The zero-order valence-electron chi connectivity index (χ0n) is 13.6. The van der Waals surface area contributed by atoms with E-state index in [4.69, 9.17) is 0 Å². The fourth-order valence-corrected chi connectivity index (χ4v) is 2.88. The summed E-state index contributed by atoms with van der Waals surface area (Å²) in [5.41, 5.74) is 0.394. The lowest BCUT2D eigenvalue weighted by atomic mass is 10.1. The van der Waals surface area contributed by atoms with Gasteiger partial charge in [0.05, 0.1) is 12.0 Å². The van der Waals surface area contributed by atoms with Crippen molar-refractivity contribution in [3.63, 3.8) is 0 Å². The third-order valence-corrected chi connectivity index (χ3v) is 4.32. The maximum Gasteiger partial charge on any atom is 0.256 e. The number of piperazine rings is 1. The number of amides is 2. The van der Waals surface area contributed by atoms with Gasteiger partial charge in [-0.1, -0.05) is 30.3 Å². The van der Waals surface area contributed by atoms with Crippen molar-refractivity contribution in [2.24, 2.45) is 0 Å². The molecule has 2 amide bonds. The lowest BCUT2D eigenvalue weighted by Crippen LogP contribution is -2.51. The molecule has 1 heterocycles. The van der Waals surface area contributed by atoms with Crippen LogP contribution in [-0.4, -0.2) is 47.8 Å². The van der Waals surface area contributed by atoms with E-state index in [0.717, 1.165) is 0 Å². The number of nitrogens with zero attached hydrogens (tertiary/aromatic N) is 2. The van der Waals surface area contributed by atoms with E-state index in [1.807, 2.05) is 0 Å². The highest BCUT2D eigenvalue weighted by molar-refractivity contribution is 5.94. The van der Waals surface area contributed by atoms with Crippen molar-refractivity contribution in [1.29, 1.82) is 0 Å². The van der Waals surface area contributed by atoms with Gasteiger partial charge in [-0.05, 0) is 23.8 Å². The first-order valence-electron chi connectivity index (χ1n) is 8.11. The van der Waals surface area contributed by atoms with Gasteiger partial charge in [-0.2, -0.15) is 0 Å². The van der Waals surface area contributed by atoms with Crippen LogP contribution in [0.15, 0.2) is 48.5 Å². The van der Waals surface area contributed by atoms with Crippen LogP contribution < -0.4 is 0 Å². The summed E-state index contributed by atoms with van der Waals surface area (Å²) in [6.07, 6.45) is -0.00602. The fourth-order valence-electron chi connectivity index (χ4n) is 2.88. The Labute approximate surface area is 144 Å². The summed E-state index contributed by atoms with van der Waals surface area (Å²) in [4.78, 5) is 27.8. The molecule has 6 heteroatoms. The molecule has 0 unspecified atom stereocenters. The van der Waals surface area contributed by atoms with Gasteiger partial charge in [0, 0.05) is 26.2 Å². The zero-order chi connectivity index (χ0) is 17.8. The minimum absolute atomic E-state index is 0.00602. The van der Waals surface area contributed by atoms with E-state index in [9.17, 15) is 18.4 Å². The summed E-state index contributed by atoms with van der Waals surface area (Å²) in [5, 5.41) is 0. The number of hydrogen-bond donors (Lipinski definition) is 0. The number of carbonyl (C=O) groups is 2. The molecular weight excluding hydrogens is 326 g/mol. The molecule has 2 aromatic carbocycles. The molecule has 4 nitrogen and oxygen atoms in total. The van der Waals surface area contributed by atoms with Crippen molar-refractivity contribution < 1.29 is 18.4 Å². The van der Waals surface area contributed by atoms with Gasteiger partial charge in [-0.15, -0.1) is 0 Å².